The maximum atomic E-state index is 4.06. The smallest absolute Gasteiger partial charge is 0.0445 e. The highest BCUT2D eigenvalue weighted by Gasteiger charge is 2.28. The Morgan fingerprint density at radius 1 is 1.54 bits per heavy atom. The molecule has 0 amide bonds. The van der Waals surface area contributed by atoms with E-state index < -0.39 is 0 Å². The number of nitrogens with one attached hydrogen (secondary N) is 1. The topological polar surface area (TPSA) is 12.0 Å². The molecule has 1 N–H and O–H groups in total. The van der Waals surface area contributed by atoms with E-state index in [1.54, 1.807) is 0 Å². The van der Waals surface area contributed by atoms with Crippen LogP contribution in [0.2, 0.25) is 0 Å². The molecule has 2 atom stereocenters. The Morgan fingerprint density at radius 2 is 2.15 bits per heavy atom. The van der Waals surface area contributed by atoms with E-state index in [-0.39, 0.29) is 0 Å². The van der Waals surface area contributed by atoms with Gasteiger partial charge < -0.3 is 5.32 Å². The van der Waals surface area contributed by atoms with Gasteiger partial charge in [0.1, 0.15) is 0 Å². The van der Waals surface area contributed by atoms with Crippen LogP contribution >= 0.6 is 0 Å². The Hall–Kier alpha value is -0.720. The van der Waals surface area contributed by atoms with Gasteiger partial charge in [-0.3, -0.25) is 0 Å². The van der Waals surface area contributed by atoms with Crippen molar-refractivity contribution in [1.29, 1.82) is 0 Å². The summed E-state index contributed by atoms with van der Waals surface area (Å²) < 4.78 is 0. The van der Waals surface area contributed by atoms with Gasteiger partial charge in [-0.05, 0) is 18.3 Å². The van der Waals surface area contributed by atoms with E-state index in [0.717, 1.165) is 0 Å². The van der Waals surface area contributed by atoms with Gasteiger partial charge in [-0.25, -0.2) is 0 Å². The van der Waals surface area contributed by atoms with Crippen molar-refractivity contribution >= 4 is 0 Å². The summed E-state index contributed by atoms with van der Waals surface area (Å²) in [4.78, 5) is 0. The minimum absolute atomic E-state index is 0.394. The van der Waals surface area contributed by atoms with Crippen LogP contribution in [-0.4, -0.2) is 6.04 Å². The second kappa shape index (κ2) is 3.57. The van der Waals surface area contributed by atoms with Crippen LogP contribution in [0, 0.1) is 11.3 Å². The summed E-state index contributed by atoms with van der Waals surface area (Å²) in [5.74, 6) is 0.628. The summed E-state index contributed by atoms with van der Waals surface area (Å²) in [6, 6.07) is 0.444. The highest BCUT2D eigenvalue weighted by Crippen LogP contribution is 2.34. The van der Waals surface area contributed by atoms with E-state index in [2.05, 4.69) is 39.2 Å². The lowest BCUT2D eigenvalue weighted by atomic mass is 9.83. The highest BCUT2D eigenvalue weighted by molar-refractivity contribution is 5.12. The number of rotatable bonds is 2. The van der Waals surface area contributed by atoms with Crippen molar-refractivity contribution in [1.82, 2.24) is 5.32 Å². The normalized spacial score (nSPS) is 28.7. The van der Waals surface area contributed by atoms with Crippen molar-refractivity contribution in [2.45, 2.75) is 39.7 Å². The van der Waals surface area contributed by atoms with Crippen LogP contribution in [0.5, 0.6) is 0 Å². The van der Waals surface area contributed by atoms with E-state index in [4.69, 9.17) is 0 Å². The van der Waals surface area contributed by atoms with E-state index in [1.807, 2.05) is 6.08 Å². The first kappa shape index (κ1) is 10.4. The predicted octanol–water partition coefficient (Wildman–Crippen LogP) is 3.10. The number of hydrogen-bond acceptors (Lipinski definition) is 1. The SMILES string of the molecule is C=CC1CC(CC(C)(C)C)C(=C)N1. The molecule has 74 valence electrons. The van der Waals surface area contributed by atoms with Gasteiger partial charge in [0.2, 0.25) is 0 Å². The van der Waals surface area contributed by atoms with Crippen LogP contribution in [-0.2, 0) is 0 Å². The first-order chi connectivity index (χ1) is 5.92. The molecule has 2 unspecified atom stereocenters. The zero-order valence-electron chi connectivity index (χ0n) is 9.06. The standard InChI is InChI=1S/C12H21N/c1-6-11-7-10(9(2)13-11)8-12(3,4)5/h6,10-11,13H,1-2,7-8H2,3-5H3. The predicted molar refractivity (Wildman–Crippen MR) is 58.4 cm³/mol. The number of hydrogen-bond donors (Lipinski definition) is 1. The van der Waals surface area contributed by atoms with Crippen LogP contribution in [0.15, 0.2) is 24.9 Å². The molecular formula is C12H21N. The zero-order chi connectivity index (χ0) is 10.1. The molecule has 0 aliphatic carbocycles. The first-order valence-corrected chi connectivity index (χ1v) is 5.00. The average molecular weight is 179 g/mol. The molecule has 1 nitrogen and oxygen atoms in total. The van der Waals surface area contributed by atoms with Gasteiger partial charge >= 0.3 is 0 Å². The van der Waals surface area contributed by atoms with Gasteiger partial charge in [0.05, 0.1) is 0 Å². The molecule has 0 aromatic carbocycles. The Bertz CT molecular complexity index is 210. The van der Waals surface area contributed by atoms with Crippen molar-refractivity contribution in [3.05, 3.63) is 24.9 Å². The molecule has 1 aliphatic rings. The molecule has 1 heterocycles. The maximum absolute atomic E-state index is 4.06. The fraction of sp³-hybridized carbons (Fsp3) is 0.667. The Labute approximate surface area is 81.9 Å². The summed E-state index contributed by atoms with van der Waals surface area (Å²) >= 11 is 0. The molecule has 13 heavy (non-hydrogen) atoms. The van der Waals surface area contributed by atoms with Gasteiger partial charge in [-0.2, -0.15) is 0 Å². The van der Waals surface area contributed by atoms with E-state index >= 15 is 0 Å². The Balaban J connectivity index is 2.53. The summed E-state index contributed by atoms with van der Waals surface area (Å²) in [5, 5.41) is 3.36. The van der Waals surface area contributed by atoms with Crippen LogP contribution in [0.4, 0.5) is 0 Å². The van der Waals surface area contributed by atoms with Gasteiger partial charge in [0.25, 0.3) is 0 Å². The second-order valence-corrected chi connectivity index (χ2v) is 5.21. The molecule has 0 saturated carbocycles. The summed E-state index contributed by atoms with van der Waals surface area (Å²) in [7, 11) is 0. The lowest BCUT2D eigenvalue weighted by molar-refractivity contribution is 0.320. The fourth-order valence-corrected chi connectivity index (χ4v) is 1.96. The molecule has 1 fully saturated rings. The Morgan fingerprint density at radius 3 is 2.54 bits per heavy atom. The number of allylic oxidation sites excluding steroid dienone is 1. The molecule has 1 heteroatoms. The molecule has 0 aromatic heterocycles. The fourth-order valence-electron chi connectivity index (χ4n) is 1.96. The van der Waals surface area contributed by atoms with Crippen LogP contribution in [0.25, 0.3) is 0 Å². The molecule has 0 radical (unpaired) electrons. The minimum atomic E-state index is 0.394. The monoisotopic (exact) mass is 179 g/mol. The van der Waals surface area contributed by atoms with Crippen molar-refractivity contribution in [2.75, 3.05) is 0 Å². The maximum Gasteiger partial charge on any atom is 0.0445 e. The van der Waals surface area contributed by atoms with Gasteiger partial charge in [-0.15, -0.1) is 6.58 Å². The highest BCUT2D eigenvalue weighted by atomic mass is 15.0. The van der Waals surface area contributed by atoms with Crippen LogP contribution in [0.3, 0.4) is 0 Å². The molecule has 0 bridgehead atoms. The van der Waals surface area contributed by atoms with Gasteiger partial charge in [0.15, 0.2) is 0 Å². The third kappa shape index (κ3) is 2.91. The average Bonchev–Trinajstić information content (AvgIpc) is 2.29. The largest absolute Gasteiger partial charge is 0.382 e. The van der Waals surface area contributed by atoms with Crippen molar-refractivity contribution in [3.63, 3.8) is 0 Å². The van der Waals surface area contributed by atoms with E-state index in [1.165, 1.54) is 18.5 Å². The molecular weight excluding hydrogens is 158 g/mol. The van der Waals surface area contributed by atoms with Gasteiger partial charge in [-0.1, -0.05) is 33.4 Å². The van der Waals surface area contributed by atoms with E-state index in [0.29, 0.717) is 17.4 Å². The summed E-state index contributed by atoms with van der Waals surface area (Å²) in [5.41, 5.74) is 1.59. The second-order valence-electron chi connectivity index (χ2n) is 5.21. The summed E-state index contributed by atoms with van der Waals surface area (Å²) in [6.45, 7) is 14.7. The van der Waals surface area contributed by atoms with Crippen molar-refractivity contribution in [2.24, 2.45) is 11.3 Å². The minimum Gasteiger partial charge on any atom is -0.382 e. The molecule has 0 spiro atoms. The van der Waals surface area contributed by atoms with Crippen molar-refractivity contribution < 1.29 is 0 Å². The lowest BCUT2D eigenvalue weighted by Crippen LogP contribution is -2.16. The zero-order valence-corrected chi connectivity index (χ0v) is 9.06. The van der Waals surface area contributed by atoms with Crippen LogP contribution in [0.1, 0.15) is 33.6 Å². The van der Waals surface area contributed by atoms with Crippen molar-refractivity contribution in [3.8, 4) is 0 Å². The molecule has 0 aromatic rings. The van der Waals surface area contributed by atoms with Crippen LogP contribution < -0.4 is 5.32 Å². The first-order valence-electron chi connectivity index (χ1n) is 5.00. The lowest BCUT2D eigenvalue weighted by Gasteiger charge is -2.22. The third-order valence-corrected chi connectivity index (χ3v) is 2.55. The Kier molecular flexibility index (Phi) is 2.84. The quantitative estimate of drug-likeness (QED) is 0.642. The third-order valence-electron chi connectivity index (χ3n) is 2.55. The van der Waals surface area contributed by atoms with Gasteiger partial charge in [0, 0.05) is 17.7 Å². The van der Waals surface area contributed by atoms with E-state index in [9.17, 15) is 0 Å². The molecule has 1 aliphatic heterocycles. The molecule has 1 saturated heterocycles. The molecule has 1 rings (SSSR count). The summed E-state index contributed by atoms with van der Waals surface area (Å²) in [6.07, 6.45) is 4.36.